The zero-order valence-corrected chi connectivity index (χ0v) is 12.6. The lowest BCUT2D eigenvalue weighted by Gasteiger charge is -2.22. The first-order valence-electron chi connectivity index (χ1n) is 7.72. The van der Waals surface area contributed by atoms with Gasteiger partial charge in [0.05, 0.1) is 6.04 Å². The minimum absolute atomic E-state index is 0.0936. The molecule has 1 fully saturated rings. The number of hydrogen-bond acceptors (Lipinski definition) is 2. The van der Waals surface area contributed by atoms with Crippen LogP contribution in [0.5, 0.6) is 0 Å². The third kappa shape index (κ3) is 4.64. The van der Waals surface area contributed by atoms with E-state index in [1.165, 1.54) is 24.0 Å². The molecule has 3 heteroatoms. The molecule has 0 aromatic heterocycles. The van der Waals surface area contributed by atoms with Crippen LogP contribution < -0.4 is 10.6 Å². The molecule has 0 bridgehead atoms. The molecule has 0 spiro atoms. The first-order valence-corrected chi connectivity index (χ1v) is 7.72. The fourth-order valence-corrected chi connectivity index (χ4v) is 2.76. The molecular weight excluding hydrogens is 248 g/mol. The Bertz CT molecular complexity index is 421. The maximum Gasteiger partial charge on any atom is 0.220 e. The molecule has 0 aliphatic carbocycles. The molecule has 2 N–H and O–H groups in total. The highest BCUT2D eigenvalue weighted by Gasteiger charge is 2.15. The maximum absolute atomic E-state index is 12.0. The molecule has 1 aromatic rings. The SMILES string of the molecule is Cc1ccc([C@H](C)NC(=O)CCC2CCNCC2)cc1. The topological polar surface area (TPSA) is 41.1 Å². The first kappa shape index (κ1) is 15.0. The summed E-state index contributed by atoms with van der Waals surface area (Å²) in [6.07, 6.45) is 4.09. The van der Waals surface area contributed by atoms with E-state index >= 15 is 0 Å². The molecule has 0 unspecified atom stereocenters. The molecule has 1 saturated heterocycles. The van der Waals surface area contributed by atoms with Crippen molar-refractivity contribution in [3.63, 3.8) is 0 Å². The van der Waals surface area contributed by atoms with Gasteiger partial charge in [0.2, 0.25) is 5.91 Å². The lowest BCUT2D eigenvalue weighted by Crippen LogP contribution is -2.30. The fourth-order valence-electron chi connectivity index (χ4n) is 2.76. The fraction of sp³-hybridized carbons (Fsp3) is 0.588. The minimum atomic E-state index is 0.0936. The molecule has 1 aliphatic heterocycles. The van der Waals surface area contributed by atoms with Gasteiger partial charge < -0.3 is 10.6 Å². The average Bonchev–Trinajstić information content (AvgIpc) is 2.47. The molecule has 2 rings (SSSR count). The van der Waals surface area contributed by atoms with Crippen LogP contribution in [0.2, 0.25) is 0 Å². The molecular formula is C17H26N2O. The Morgan fingerprint density at radius 2 is 1.95 bits per heavy atom. The van der Waals surface area contributed by atoms with Crippen LogP contribution in [0.3, 0.4) is 0 Å². The summed E-state index contributed by atoms with van der Waals surface area (Å²) in [6.45, 7) is 6.33. The van der Waals surface area contributed by atoms with E-state index in [-0.39, 0.29) is 11.9 Å². The van der Waals surface area contributed by atoms with Crippen molar-refractivity contribution in [2.75, 3.05) is 13.1 Å². The minimum Gasteiger partial charge on any atom is -0.350 e. The van der Waals surface area contributed by atoms with Gasteiger partial charge in [0.1, 0.15) is 0 Å². The zero-order chi connectivity index (χ0) is 14.4. The molecule has 3 nitrogen and oxygen atoms in total. The van der Waals surface area contributed by atoms with E-state index in [9.17, 15) is 4.79 Å². The number of aryl methyl sites for hydroxylation is 1. The van der Waals surface area contributed by atoms with Crippen molar-refractivity contribution in [3.05, 3.63) is 35.4 Å². The van der Waals surface area contributed by atoms with E-state index in [0.29, 0.717) is 6.42 Å². The van der Waals surface area contributed by atoms with Crippen LogP contribution >= 0.6 is 0 Å². The molecule has 110 valence electrons. The van der Waals surface area contributed by atoms with Gasteiger partial charge in [-0.3, -0.25) is 4.79 Å². The van der Waals surface area contributed by atoms with Crippen LogP contribution in [0.1, 0.15) is 49.8 Å². The van der Waals surface area contributed by atoms with Crippen LogP contribution in [-0.2, 0) is 4.79 Å². The van der Waals surface area contributed by atoms with E-state index in [4.69, 9.17) is 0 Å². The Morgan fingerprint density at radius 1 is 1.30 bits per heavy atom. The molecule has 1 amide bonds. The van der Waals surface area contributed by atoms with E-state index in [2.05, 4.69) is 41.8 Å². The van der Waals surface area contributed by atoms with Crippen LogP contribution in [-0.4, -0.2) is 19.0 Å². The van der Waals surface area contributed by atoms with Gasteiger partial charge in [-0.1, -0.05) is 29.8 Å². The average molecular weight is 274 g/mol. The number of carbonyl (C=O) groups excluding carboxylic acids is 1. The van der Waals surface area contributed by atoms with Crippen molar-refractivity contribution >= 4 is 5.91 Å². The summed E-state index contributed by atoms with van der Waals surface area (Å²) in [4.78, 5) is 12.0. The summed E-state index contributed by atoms with van der Waals surface area (Å²) < 4.78 is 0. The lowest BCUT2D eigenvalue weighted by molar-refractivity contribution is -0.122. The Hall–Kier alpha value is -1.35. The number of amides is 1. The van der Waals surface area contributed by atoms with Crippen LogP contribution in [0, 0.1) is 12.8 Å². The molecule has 1 aromatic carbocycles. The molecule has 1 heterocycles. The number of carbonyl (C=O) groups is 1. The summed E-state index contributed by atoms with van der Waals surface area (Å²) in [5.41, 5.74) is 2.42. The standard InChI is InChI=1S/C17H26N2O/c1-13-3-6-16(7-4-13)14(2)19-17(20)8-5-15-9-11-18-12-10-15/h3-4,6-7,14-15,18H,5,8-12H2,1-2H3,(H,19,20)/t14-/m0/s1. The molecule has 1 atom stereocenters. The van der Waals surface area contributed by atoms with E-state index in [1.807, 2.05) is 6.92 Å². The quantitative estimate of drug-likeness (QED) is 0.866. The summed E-state index contributed by atoms with van der Waals surface area (Å²) in [5, 5.41) is 6.46. The van der Waals surface area contributed by atoms with Gasteiger partial charge in [-0.15, -0.1) is 0 Å². The van der Waals surface area contributed by atoms with Gasteiger partial charge in [0.25, 0.3) is 0 Å². The second kappa shape index (κ2) is 7.44. The Kier molecular flexibility index (Phi) is 5.60. The molecule has 0 radical (unpaired) electrons. The Balaban J connectivity index is 1.74. The second-order valence-corrected chi connectivity index (χ2v) is 5.93. The van der Waals surface area contributed by atoms with Crippen LogP contribution in [0.15, 0.2) is 24.3 Å². The van der Waals surface area contributed by atoms with Crippen LogP contribution in [0.25, 0.3) is 0 Å². The van der Waals surface area contributed by atoms with Crippen LogP contribution in [0.4, 0.5) is 0 Å². The first-order chi connectivity index (χ1) is 9.65. The van der Waals surface area contributed by atoms with Gasteiger partial charge in [0, 0.05) is 6.42 Å². The predicted octanol–water partition coefficient (Wildman–Crippen LogP) is 2.95. The van der Waals surface area contributed by atoms with Crippen molar-refractivity contribution in [1.82, 2.24) is 10.6 Å². The van der Waals surface area contributed by atoms with Crippen molar-refractivity contribution in [2.24, 2.45) is 5.92 Å². The van der Waals surface area contributed by atoms with Crippen molar-refractivity contribution in [1.29, 1.82) is 0 Å². The van der Waals surface area contributed by atoms with Gasteiger partial charge in [-0.05, 0) is 57.7 Å². The highest BCUT2D eigenvalue weighted by molar-refractivity contribution is 5.76. The van der Waals surface area contributed by atoms with Crippen molar-refractivity contribution < 1.29 is 4.79 Å². The number of rotatable bonds is 5. The largest absolute Gasteiger partial charge is 0.350 e. The molecule has 20 heavy (non-hydrogen) atoms. The summed E-state index contributed by atoms with van der Waals surface area (Å²) in [6, 6.07) is 8.45. The number of benzene rings is 1. The highest BCUT2D eigenvalue weighted by Crippen LogP contribution is 2.18. The number of hydrogen-bond donors (Lipinski definition) is 2. The summed E-state index contributed by atoms with van der Waals surface area (Å²) >= 11 is 0. The zero-order valence-electron chi connectivity index (χ0n) is 12.6. The Labute approximate surface area is 122 Å². The van der Waals surface area contributed by atoms with Gasteiger partial charge in [-0.2, -0.15) is 0 Å². The van der Waals surface area contributed by atoms with E-state index < -0.39 is 0 Å². The van der Waals surface area contributed by atoms with Gasteiger partial charge >= 0.3 is 0 Å². The second-order valence-electron chi connectivity index (χ2n) is 5.93. The maximum atomic E-state index is 12.0. The normalized spacial score (nSPS) is 17.7. The number of nitrogens with one attached hydrogen (secondary N) is 2. The van der Waals surface area contributed by atoms with E-state index in [0.717, 1.165) is 25.4 Å². The third-order valence-corrected chi connectivity index (χ3v) is 4.19. The third-order valence-electron chi connectivity index (χ3n) is 4.19. The van der Waals surface area contributed by atoms with E-state index in [1.54, 1.807) is 0 Å². The monoisotopic (exact) mass is 274 g/mol. The summed E-state index contributed by atoms with van der Waals surface area (Å²) in [7, 11) is 0. The smallest absolute Gasteiger partial charge is 0.220 e. The lowest BCUT2D eigenvalue weighted by atomic mass is 9.93. The predicted molar refractivity (Wildman–Crippen MR) is 82.6 cm³/mol. The van der Waals surface area contributed by atoms with Crippen molar-refractivity contribution in [3.8, 4) is 0 Å². The van der Waals surface area contributed by atoms with Gasteiger partial charge in [0.15, 0.2) is 0 Å². The Morgan fingerprint density at radius 3 is 2.60 bits per heavy atom. The number of piperidine rings is 1. The molecule has 0 saturated carbocycles. The highest BCUT2D eigenvalue weighted by atomic mass is 16.1. The summed E-state index contributed by atoms with van der Waals surface area (Å²) in [5.74, 6) is 0.897. The van der Waals surface area contributed by atoms with Crippen molar-refractivity contribution in [2.45, 2.75) is 45.6 Å². The molecule has 1 aliphatic rings. The van der Waals surface area contributed by atoms with Gasteiger partial charge in [-0.25, -0.2) is 0 Å².